The van der Waals surface area contributed by atoms with Crippen LogP contribution in [0.5, 0.6) is 0 Å². The van der Waals surface area contributed by atoms with Crippen LogP contribution in [0, 0.1) is 6.92 Å². The molecular formula is C20H19BrN2O4. The van der Waals surface area contributed by atoms with Gasteiger partial charge in [0.25, 0.3) is 11.7 Å². The number of ketones is 1. The zero-order valence-corrected chi connectivity index (χ0v) is 16.6. The van der Waals surface area contributed by atoms with Crippen LogP contribution in [0.25, 0.3) is 5.76 Å². The monoisotopic (exact) mass is 430 g/mol. The fourth-order valence-electron chi connectivity index (χ4n) is 3.09. The van der Waals surface area contributed by atoms with Crippen molar-refractivity contribution >= 4 is 33.4 Å². The number of hydrogen-bond donors (Lipinski definition) is 1. The number of methoxy groups -OCH3 is 1. The number of aromatic nitrogens is 1. The summed E-state index contributed by atoms with van der Waals surface area (Å²) < 4.78 is 5.96. The molecule has 1 aromatic carbocycles. The van der Waals surface area contributed by atoms with Crippen LogP contribution >= 0.6 is 15.9 Å². The summed E-state index contributed by atoms with van der Waals surface area (Å²) in [6, 6.07) is 9.76. The van der Waals surface area contributed by atoms with Crippen molar-refractivity contribution in [3.8, 4) is 0 Å². The van der Waals surface area contributed by atoms with Crippen molar-refractivity contribution in [3.63, 3.8) is 0 Å². The molecule has 0 bridgehead atoms. The van der Waals surface area contributed by atoms with E-state index in [1.165, 1.54) is 12.0 Å². The van der Waals surface area contributed by atoms with E-state index in [-0.39, 0.29) is 24.5 Å². The summed E-state index contributed by atoms with van der Waals surface area (Å²) in [7, 11) is 1.52. The lowest BCUT2D eigenvalue weighted by Crippen LogP contribution is -2.33. The number of pyridine rings is 1. The average Bonchev–Trinajstić information content (AvgIpc) is 2.93. The number of ether oxygens (including phenoxy) is 1. The highest BCUT2D eigenvalue weighted by molar-refractivity contribution is 9.10. The summed E-state index contributed by atoms with van der Waals surface area (Å²) >= 11 is 3.42. The first kappa shape index (κ1) is 19.3. The predicted octanol–water partition coefficient (Wildman–Crippen LogP) is 3.22. The molecule has 0 spiro atoms. The molecule has 2 aromatic rings. The van der Waals surface area contributed by atoms with Crippen LogP contribution in [-0.4, -0.2) is 46.9 Å². The smallest absolute Gasteiger partial charge is 0.295 e. The number of likely N-dealkylation sites (tertiary alicyclic amines) is 1. The van der Waals surface area contributed by atoms with E-state index >= 15 is 0 Å². The van der Waals surface area contributed by atoms with Crippen LogP contribution in [0.3, 0.4) is 0 Å². The standard InChI is InChI=1S/C20H19BrN2O4/c1-12-11-13(6-7-14(12)21)18(24)16-17(15-5-3-4-8-22-15)23(9-10-27-2)20(26)19(16)25/h3-8,11,17,24H,9-10H2,1-2H3/b18-16-. The molecule has 6 nitrogen and oxygen atoms in total. The van der Waals surface area contributed by atoms with Gasteiger partial charge in [0.05, 0.1) is 17.9 Å². The first-order valence-electron chi connectivity index (χ1n) is 8.40. The minimum Gasteiger partial charge on any atom is -0.507 e. The molecule has 0 saturated carbocycles. The Kier molecular flexibility index (Phi) is 5.72. The molecule has 1 saturated heterocycles. The molecular weight excluding hydrogens is 412 g/mol. The SMILES string of the molecule is COCCN1C(=O)C(=O)/C(=C(\O)c2ccc(Br)c(C)c2)C1c1ccccn1. The van der Waals surface area contributed by atoms with Gasteiger partial charge in [-0.3, -0.25) is 14.6 Å². The van der Waals surface area contributed by atoms with Gasteiger partial charge in [0.15, 0.2) is 0 Å². The predicted molar refractivity (Wildman–Crippen MR) is 104 cm³/mol. The Balaban J connectivity index is 2.16. The number of aliphatic hydroxyl groups excluding tert-OH is 1. The molecule has 140 valence electrons. The number of hydrogen-bond acceptors (Lipinski definition) is 5. The fraction of sp³-hybridized carbons (Fsp3) is 0.250. The van der Waals surface area contributed by atoms with Gasteiger partial charge in [0.2, 0.25) is 0 Å². The Morgan fingerprint density at radius 2 is 2.07 bits per heavy atom. The molecule has 1 amide bonds. The van der Waals surface area contributed by atoms with Gasteiger partial charge < -0.3 is 14.7 Å². The summed E-state index contributed by atoms with van der Waals surface area (Å²) in [5.41, 5.74) is 1.93. The highest BCUT2D eigenvalue weighted by atomic mass is 79.9. The number of amides is 1. The van der Waals surface area contributed by atoms with Gasteiger partial charge in [-0.1, -0.05) is 28.1 Å². The molecule has 7 heteroatoms. The molecule has 0 aliphatic carbocycles. The highest BCUT2D eigenvalue weighted by Crippen LogP contribution is 2.38. The van der Waals surface area contributed by atoms with E-state index < -0.39 is 17.7 Å². The topological polar surface area (TPSA) is 79.7 Å². The van der Waals surface area contributed by atoms with E-state index in [0.717, 1.165) is 10.0 Å². The molecule has 2 heterocycles. The first-order valence-corrected chi connectivity index (χ1v) is 9.19. The largest absolute Gasteiger partial charge is 0.507 e. The van der Waals surface area contributed by atoms with E-state index in [2.05, 4.69) is 20.9 Å². The van der Waals surface area contributed by atoms with Crippen LogP contribution in [0.1, 0.15) is 22.9 Å². The van der Waals surface area contributed by atoms with Crippen molar-refractivity contribution in [1.29, 1.82) is 0 Å². The van der Waals surface area contributed by atoms with Gasteiger partial charge in [0.1, 0.15) is 11.8 Å². The molecule has 1 unspecified atom stereocenters. The molecule has 1 aliphatic rings. The number of benzene rings is 1. The maximum atomic E-state index is 12.7. The third-order valence-electron chi connectivity index (χ3n) is 4.48. The average molecular weight is 431 g/mol. The second-order valence-electron chi connectivity index (χ2n) is 6.20. The number of rotatable bonds is 5. The van der Waals surface area contributed by atoms with Crippen LogP contribution in [0.4, 0.5) is 0 Å². The summed E-state index contributed by atoms with van der Waals surface area (Å²) in [6.45, 7) is 2.38. The van der Waals surface area contributed by atoms with Crippen LogP contribution in [0.2, 0.25) is 0 Å². The second kappa shape index (κ2) is 8.02. The second-order valence-corrected chi connectivity index (χ2v) is 7.06. The van der Waals surface area contributed by atoms with E-state index in [0.29, 0.717) is 11.3 Å². The van der Waals surface area contributed by atoms with Crippen LogP contribution in [-0.2, 0) is 14.3 Å². The van der Waals surface area contributed by atoms with Gasteiger partial charge in [-0.25, -0.2) is 0 Å². The number of halogens is 1. The Morgan fingerprint density at radius 3 is 2.70 bits per heavy atom. The Bertz CT molecular complexity index is 911. The Hall–Kier alpha value is -2.51. The number of aryl methyl sites for hydroxylation is 1. The normalized spacial score (nSPS) is 18.9. The molecule has 1 aliphatic heterocycles. The van der Waals surface area contributed by atoms with Gasteiger partial charge in [-0.2, -0.15) is 0 Å². The lowest BCUT2D eigenvalue weighted by atomic mass is 9.97. The number of Topliss-reactive ketones (excluding diaryl/α,β-unsaturated/α-hetero) is 1. The van der Waals surface area contributed by atoms with E-state index in [9.17, 15) is 14.7 Å². The summed E-state index contributed by atoms with van der Waals surface area (Å²) in [6.07, 6.45) is 1.59. The zero-order valence-electron chi connectivity index (χ0n) is 15.0. The first-order chi connectivity index (χ1) is 13.0. The molecule has 27 heavy (non-hydrogen) atoms. The Labute approximate surface area is 165 Å². The lowest BCUT2D eigenvalue weighted by molar-refractivity contribution is -0.140. The van der Waals surface area contributed by atoms with Crippen LogP contribution in [0.15, 0.2) is 52.6 Å². The number of carbonyl (C=O) groups is 2. The van der Waals surface area contributed by atoms with Gasteiger partial charge in [-0.05, 0) is 36.8 Å². The van der Waals surface area contributed by atoms with Gasteiger partial charge in [0, 0.05) is 29.9 Å². The third kappa shape index (κ3) is 3.65. The van der Waals surface area contributed by atoms with Crippen molar-refractivity contribution in [2.45, 2.75) is 13.0 Å². The van der Waals surface area contributed by atoms with Gasteiger partial charge in [-0.15, -0.1) is 0 Å². The number of carbonyl (C=O) groups excluding carboxylic acids is 2. The van der Waals surface area contributed by atoms with Crippen molar-refractivity contribution in [2.75, 3.05) is 20.3 Å². The lowest BCUT2D eigenvalue weighted by Gasteiger charge is -2.24. The van der Waals surface area contributed by atoms with E-state index in [1.54, 1.807) is 42.6 Å². The van der Waals surface area contributed by atoms with E-state index in [1.807, 2.05) is 6.92 Å². The summed E-state index contributed by atoms with van der Waals surface area (Å²) in [5.74, 6) is -1.60. The van der Waals surface area contributed by atoms with Crippen molar-refractivity contribution in [1.82, 2.24) is 9.88 Å². The summed E-state index contributed by atoms with van der Waals surface area (Å²) in [5, 5.41) is 10.9. The van der Waals surface area contributed by atoms with Crippen LogP contribution < -0.4 is 0 Å². The maximum absolute atomic E-state index is 12.7. The fourth-order valence-corrected chi connectivity index (χ4v) is 3.34. The molecule has 1 fully saturated rings. The minimum absolute atomic E-state index is 0.0384. The molecule has 1 N–H and O–H groups in total. The Morgan fingerprint density at radius 1 is 1.30 bits per heavy atom. The molecule has 3 rings (SSSR count). The highest BCUT2D eigenvalue weighted by Gasteiger charge is 2.46. The van der Waals surface area contributed by atoms with Crippen molar-refractivity contribution in [3.05, 3.63) is 69.5 Å². The quantitative estimate of drug-likeness (QED) is 0.447. The zero-order chi connectivity index (χ0) is 19.6. The van der Waals surface area contributed by atoms with E-state index in [4.69, 9.17) is 4.74 Å². The maximum Gasteiger partial charge on any atom is 0.295 e. The summed E-state index contributed by atoms with van der Waals surface area (Å²) in [4.78, 5) is 31.0. The molecule has 0 radical (unpaired) electrons. The third-order valence-corrected chi connectivity index (χ3v) is 5.37. The molecule has 1 aromatic heterocycles. The van der Waals surface area contributed by atoms with Crippen molar-refractivity contribution in [2.24, 2.45) is 0 Å². The van der Waals surface area contributed by atoms with Gasteiger partial charge >= 0.3 is 0 Å². The minimum atomic E-state index is -0.759. The van der Waals surface area contributed by atoms with Crippen molar-refractivity contribution < 1.29 is 19.4 Å². The number of aliphatic hydroxyl groups is 1. The number of nitrogens with zero attached hydrogens (tertiary/aromatic N) is 2. The molecule has 1 atom stereocenters.